The average molecular weight is 282 g/mol. The smallest absolute Gasteiger partial charge is 0.328 e. The van der Waals surface area contributed by atoms with Gasteiger partial charge in [-0.3, -0.25) is 0 Å². The molecule has 1 aliphatic rings. The number of rotatable bonds is 6. The lowest BCUT2D eigenvalue weighted by Crippen LogP contribution is -2.29. The summed E-state index contributed by atoms with van der Waals surface area (Å²) in [6, 6.07) is 5.37. The summed E-state index contributed by atoms with van der Waals surface area (Å²) in [6.45, 7) is 4.42. The molecule has 0 bridgehead atoms. The van der Waals surface area contributed by atoms with Crippen LogP contribution in [-0.4, -0.2) is 18.6 Å². The summed E-state index contributed by atoms with van der Waals surface area (Å²) < 4.78 is 5.27. The Morgan fingerprint density at radius 2 is 2.26 bits per heavy atom. The SMILES string of the molecule is CCc1cccc(Cl)c1NC(C)C(=O)OCC1CC1. The molecule has 4 heteroatoms. The van der Waals surface area contributed by atoms with Gasteiger partial charge in [-0.15, -0.1) is 0 Å². The summed E-state index contributed by atoms with van der Waals surface area (Å²) in [5.74, 6) is 0.372. The van der Waals surface area contributed by atoms with Crippen LogP contribution in [0.3, 0.4) is 0 Å². The maximum Gasteiger partial charge on any atom is 0.328 e. The highest BCUT2D eigenvalue weighted by molar-refractivity contribution is 6.33. The van der Waals surface area contributed by atoms with Gasteiger partial charge < -0.3 is 10.1 Å². The van der Waals surface area contributed by atoms with Crippen molar-refractivity contribution in [2.45, 2.75) is 39.2 Å². The molecule has 0 heterocycles. The van der Waals surface area contributed by atoms with Gasteiger partial charge in [-0.2, -0.15) is 0 Å². The Kier molecular flexibility index (Phi) is 4.70. The number of carbonyl (C=O) groups excluding carboxylic acids is 1. The third-order valence-corrected chi connectivity index (χ3v) is 3.67. The summed E-state index contributed by atoms with van der Waals surface area (Å²) in [6.07, 6.45) is 3.23. The molecule has 104 valence electrons. The molecule has 0 spiro atoms. The summed E-state index contributed by atoms with van der Waals surface area (Å²) in [4.78, 5) is 11.9. The van der Waals surface area contributed by atoms with E-state index in [2.05, 4.69) is 12.2 Å². The van der Waals surface area contributed by atoms with Crippen LogP contribution >= 0.6 is 11.6 Å². The van der Waals surface area contributed by atoms with E-state index in [1.807, 2.05) is 18.2 Å². The zero-order valence-electron chi connectivity index (χ0n) is 11.4. The normalized spacial score (nSPS) is 15.9. The lowest BCUT2D eigenvalue weighted by molar-refractivity contribution is -0.144. The molecular formula is C15H20ClNO2. The van der Waals surface area contributed by atoms with Crippen LogP contribution < -0.4 is 5.32 Å². The van der Waals surface area contributed by atoms with Gasteiger partial charge in [0.25, 0.3) is 0 Å². The number of para-hydroxylation sites is 1. The van der Waals surface area contributed by atoms with Gasteiger partial charge in [-0.05, 0) is 43.7 Å². The first-order chi connectivity index (χ1) is 9.11. The molecule has 1 aliphatic carbocycles. The van der Waals surface area contributed by atoms with E-state index in [1.54, 1.807) is 6.92 Å². The Morgan fingerprint density at radius 1 is 1.53 bits per heavy atom. The molecule has 0 saturated heterocycles. The Labute approximate surface area is 119 Å². The van der Waals surface area contributed by atoms with Crippen LogP contribution in [0.25, 0.3) is 0 Å². The predicted molar refractivity (Wildman–Crippen MR) is 77.6 cm³/mol. The van der Waals surface area contributed by atoms with Crippen molar-refractivity contribution in [1.82, 2.24) is 0 Å². The first-order valence-corrected chi connectivity index (χ1v) is 7.20. The van der Waals surface area contributed by atoms with Crippen LogP contribution in [-0.2, 0) is 16.0 Å². The van der Waals surface area contributed by atoms with Crippen molar-refractivity contribution in [3.05, 3.63) is 28.8 Å². The second kappa shape index (κ2) is 6.29. The first kappa shape index (κ1) is 14.2. The summed E-state index contributed by atoms with van der Waals surface area (Å²) in [7, 11) is 0. The van der Waals surface area contributed by atoms with Crippen molar-refractivity contribution in [1.29, 1.82) is 0 Å². The maximum atomic E-state index is 11.9. The molecule has 1 unspecified atom stereocenters. The number of nitrogens with one attached hydrogen (secondary N) is 1. The molecule has 0 radical (unpaired) electrons. The molecule has 0 amide bonds. The molecular weight excluding hydrogens is 262 g/mol. The van der Waals surface area contributed by atoms with Crippen molar-refractivity contribution in [2.24, 2.45) is 5.92 Å². The number of esters is 1. The van der Waals surface area contributed by atoms with Crippen molar-refractivity contribution < 1.29 is 9.53 Å². The van der Waals surface area contributed by atoms with Gasteiger partial charge in [0.1, 0.15) is 6.04 Å². The Bertz CT molecular complexity index is 457. The Hall–Kier alpha value is -1.22. The molecule has 2 rings (SSSR count). The number of anilines is 1. The van der Waals surface area contributed by atoms with E-state index in [1.165, 1.54) is 12.8 Å². The minimum atomic E-state index is -0.385. The highest BCUT2D eigenvalue weighted by Crippen LogP contribution is 2.29. The third kappa shape index (κ3) is 3.87. The number of carbonyl (C=O) groups is 1. The van der Waals surface area contributed by atoms with Gasteiger partial charge in [0, 0.05) is 0 Å². The second-order valence-electron chi connectivity index (χ2n) is 5.07. The highest BCUT2D eigenvalue weighted by atomic mass is 35.5. The lowest BCUT2D eigenvalue weighted by Gasteiger charge is -2.18. The van der Waals surface area contributed by atoms with E-state index in [-0.39, 0.29) is 12.0 Å². The summed E-state index contributed by atoms with van der Waals surface area (Å²) >= 11 is 6.18. The quantitative estimate of drug-likeness (QED) is 0.809. The first-order valence-electron chi connectivity index (χ1n) is 6.82. The second-order valence-corrected chi connectivity index (χ2v) is 5.47. The van der Waals surface area contributed by atoms with Crippen LogP contribution in [0.4, 0.5) is 5.69 Å². The van der Waals surface area contributed by atoms with Crippen LogP contribution in [0.1, 0.15) is 32.3 Å². The van der Waals surface area contributed by atoms with Crippen LogP contribution in [0.15, 0.2) is 18.2 Å². The third-order valence-electron chi connectivity index (χ3n) is 3.35. The van der Waals surface area contributed by atoms with Gasteiger partial charge >= 0.3 is 5.97 Å². The Balaban J connectivity index is 1.96. The number of halogens is 1. The van der Waals surface area contributed by atoms with Crippen molar-refractivity contribution >= 4 is 23.3 Å². The largest absolute Gasteiger partial charge is 0.464 e. The number of aryl methyl sites for hydroxylation is 1. The molecule has 1 saturated carbocycles. The van der Waals surface area contributed by atoms with Crippen LogP contribution in [0.2, 0.25) is 5.02 Å². The van der Waals surface area contributed by atoms with E-state index >= 15 is 0 Å². The standard InChI is InChI=1S/C15H20ClNO2/c1-3-12-5-4-6-13(16)14(12)17-10(2)15(18)19-9-11-7-8-11/h4-6,10-11,17H,3,7-9H2,1-2H3. The summed E-state index contributed by atoms with van der Waals surface area (Å²) in [5.41, 5.74) is 1.94. The maximum absolute atomic E-state index is 11.9. The molecule has 0 aromatic heterocycles. The lowest BCUT2D eigenvalue weighted by atomic mass is 10.1. The topological polar surface area (TPSA) is 38.3 Å². The number of ether oxygens (including phenoxy) is 1. The monoisotopic (exact) mass is 281 g/mol. The van der Waals surface area contributed by atoms with Gasteiger partial charge in [-0.25, -0.2) is 4.79 Å². The fourth-order valence-electron chi connectivity index (χ4n) is 1.91. The average Bonchev–Trinajstić information content (AvgIpc) is 3.22. The zero-order valence-corrected chi connectivity index (χ0v) is 12.2. The van der Waals surface area contributed by atoms with Gasteiger partial charge in [0.15, 0.2) is 0 Å². The minimum Gasteiger partial charge on any atom is -0.464 e. The number of hydrogen-bond donors (Lipinski definition) is 1. The molecule has 1 aromatic carbocycles. The van der Waals surface area contributed by atoms with E-state index in [4.69, 9.17) is 16.3 Å². The molecule has 1 atom stereocenters. The number of hydrogen-bond acceptors (Lipinski definition) is 3. The molecule has 19 heavy (non-hydrogen) atoms. The Morgan fingerprint density at radius 3 is 2.89 bits per heavy atom. The predicted octanol–water partition coefficient (Wildman–Crippen LogP) is 3.66. The van der Waals surface area contributed by atoms with Crippen molar-refractivity contribution in [2.75, 3.05) is 11.9 Å². The van der Waals surface area contributed by atoms with Crippen LogP contribution in [0, 0.1) is 5.92 Å². The number of benzene rings is 1. The van der Waals surface area contributed by atoms with Crippen molar-refractivity contribution in [3.63, 3.8) is 0 Å². The van der Waals surface area contributed by atoms with Gasteiger partial charge in [-0.1, -0.05) is 30.7 Å². The van der Waals surface area contributed by atoms with Gasteiger partial charge in [0.05, 0.1) is 17.3 Å². The van der Waals surface area contributed by atoms with E-state index in [9.17, 15) is 4.79 Å². The molecule has 1 fully saturated rings. The highest BCUT2D eigenvalue weighted by Gasteiger charge is 2.25. The van der Waals surface area contributed by atoms with Crippen molar-refractivity contribution in [3.8, 4) is 0 Å². The van der Waals surface area contributed by atoms with Gasteiger partial charge in [0.2, 0.25) is 0 Å². The molecule has 1 N–H and O–H groups in total. The minimum absolute atomic E-state index is 0.214. The molecule has 3 nitrogen and oxygen atoms in total. The van der Waals surface area contributed by atoms with Crippen LogP contribution in [0.5, 0.6) is 0 Å². The van der Waals surface area contributed by atoms with E-state index in [0.29, 0.717) is 17.5 Å². The fraction of sp³-hybridized carbons (Fsp3) is 0.533. The van der Waals surface area contributed by atoms with E-state index in [0.717, 1.165) is 17.7 Å². The molecule has 1 aromatic rings. The van der Waals surface area contributed by atoms with E-state index < -0.39 is 0 Å². The summed E-state index contributed by atoms with van der Waals surface area (Å²) in [5, 5.41) is 3.81. The molecule has 0 aliphatic heterocycles. The zero-order chi connectivity index (χ0) is 13.8. The fourth-order valence-corrected chi connectivity index (χ4v) is 2.16.